The number of amides is 4. The second-order valence-corrected chi connectivity index (χ2v) is 18.9. The number of rotatable bonds is 11. The third-order valence-corrected chi connectivity index (χ3v) is 14.1. The van der Waals surface area contributed by atoms with Gasteiger partial charge in [0.15, 0.2) is 0 Å². The van der Waals surface area contributed by atoms with Crippen molar-refractivity contribution in [1.82, 2.24) is 35.0 Å². The van der Waals surface area contributed by atoms with E-state index in [0.29, 0.717) is 44.0 Å². The summed E-state index contributed by atoms with van der Waals surface area (Å²) < 4.78 is 1.78. The van der Waals surface area contributed by atoms with Crippen LogP contribution in [0.4, 0.5) is 17.2 Å². The van der Waals surface area contributed by atoms with Gasteiger partial charge in [0.1, 0.15) is 17.9 Å². The van der Waals surface area contributed by atoms with E-state index in [2.05, 4.69) is 97.3 Å². The molecule has 342 valence electrons. The summed E-state index contributed by atoms with van der Waals surface area (Å²) in [6.45, 7) is 12.6. The van der Waals surface area contributed by atoms with Crippen LogP contribution in [0.1, 0.15) is 76.3 Å². The number of likely N-dealkylation sites (tertiary alicyclic amines) is 1. The Balaban J connectivity index is 0.775. The summed E-state index contributed by atoms with van der Waals surface area (Å²) in [5.74, 6) is 1.10. The van der Waals surface area contributed by atoms with E-state index in [0.717, 1.165) is 110 Å². The van der Waals surface area contributed by atoms with Gasteiger partial charge in [-0.05, 0) is 119 Å². The number of nitrogens with one attached hydrogen (secondary N) is 3. The minimum Gasteiger partial charge on any atom is -0.374 e. The fraction of sp³-hybridized carbons (Fsp3) is 0.431. The van der Waals surface area contributed by atoms with Gasteiger partial charge in [-0.25, -0.2) is 9.50 Å². The van der Waals surface area contributed by atoms with E-state index in [9.17, 15) is 24.4 Å². The molecule has 5 aromatic rings. The fourth-order valence-electron chi connectivity index (χ4n) is 9.88. The molecule has 4 fully saturated rings. The minimum atomic E-state index is -0.399. The van der Waals surface area contributed by atoms with Gasteiger partial charge in [0.25, 0.3) is 0 Å². The van der Waals surface area contributed by atoms with Crippen LogP contribution in [0.15, 0.2) is 85.3 Å². The first-order valence-corrected chi connectivity index (χ1v) is 23.4. The largest absolute Gasteiger partial charge is 0.374 e. The van der Waals surface area contributed by atoms with Crippen molar-refractivity contribution in [3.8, 4) is 28.3 Å². The molecule has 9 rings (SSSR count). The number of aromatic nitrogens is 3. The number of pyridine rings is 2. The smallest absolute Gasteiger partial charge is 0.249 e. The highest BCUT2D eigenvalue weighted by molar-refractivity contribution is 6.01. The molecular weight excluding hydrogens is 831 g/mol. The van der Waals surface area contributed by atoms with Crippen LogP contribution in [0.2, 0.25) is 0 Å². The monoisotopic (exact) mass is 889 g/mol. The van der Waals surface area contributed by atoms with Crippen LogP contribution in [0.25, 0.3) is 27.8 Å². The number of benzene rings is 2. The second kappa shape index (κ2) is 19.0. The Labute approximate surface area is 386 Å². The lowest BCUT2D eigenvalue weighted by molar-refractivity contribution is -0.134. The molecule has 0 radical (unpaired) electrons. The Morgan fingerprint density at radius 3 is 2.21 bits per heavy atom. The van der Waals surface area contributed by atoms with Gasteiger partial charge in [-0.3, -0.25) is 29.4 Å². The summed E-state index contributed by atoms with van der Waals surface area (Å²) >= 11 is 0. The third kappa shape index (κ3) is 9.60. The van der Waals surface area contributed by atoms with Crippen molar-refractivity contribution in [2.75, 3.05) is 74.0 Å². The molecule has 15 nitrogen and oxygen atoms in total. The normalized spacial score (nSPS) is 19.4. The van der Waals surface area contributed by atoms with Gasteiger partial charge in [0, 0.05) is 97.6 Å². The number of anilines is 3. The highest BCUT2D eigenvalue weighted by Gasteiger charge is 2.37. The zero-order valence-corrected chi connectivity index (χ0v) is 38.1. The predicted octanol–water partition coefficient (Wildman–Crippen LogP) is 5.81. The van der Waals surface area contributed by atoms with Gasteiger partial charge >= 0.3 is 0 Å². The van der Waals surface area contributed by atoms with Crippen molar-refractivity contribution >= 4 is 46.3 Å². The van der Waals surface area contributed by atoms with E-state index in [-0.39, 0.29) is 29.7 Å². The first kappa shape index (κ1) is 44.4. The molecule has 15 heteroatoms. The van der Waals surface area contributed by atoms with Crippen LogP contribution >= 0.6 is 0 Å². The highest BCUT2D eigenvalue weighted by Crippen LogP contribution is 2.36. The fourth-order valence-corrected chi connectivity index (χ4v) is 9.88. The molecule has 0 spiro atoms. The summed E-state index contributed by atoms with van der Waals surface area (Å²) in [5.41, 5.74) is 7.84. The van der Waals surface area contributed by atoms with Gasteiger partial charge in [0.05, 0.1) is 23.8 Å². The summed E-state index contributed by atoms with van der Waals surface area (Å²) in [6, 6.07) is 25.0. The Hall–Kier alpha value is -6.79. The quantitative estimate of drug-likeness (QED) is 0.137. The van der Waals surface area contributed by atoms with Crippen molar-refractivity contribution in [2.24, 2.45) is 5.41 Å². The van der Waals surface area contributed by atoms with Crippen LogP contribution in [-0.2, 0) is 19.2 Å². The summed E-state index contributed by atoms with van der Waals surface area (Å²) in [5, 5.41) is 23.3. The van der Waals surface area contributed by atoms with Gasteiger partial charge < -0.3 is 25.3 Å². The summed E-state index contributed by atoms with van der Waals surface area (Å²) in [7, 11) is 0. The summed E-state index contributed by atoms with van der Waals surface area (Å²) in [6.07, 6.45) is 9.76. The molecule has 1 atom stereocenters. The number of imide groups is 1. The van der Waals surface area contributed by atoms with Crippen LogP contribution in [0, 0.1) is 16.7 Å². The van der Waals surface area contributed by atoms with Crippen LogP contribution in [0.5, 0.6) is 0 Å². The first-order chi connectivity index (χ1) is 31.9. The van der Waals surface area contributed by atoms with Gasteiger partial charge in [-0.15, -0.1) is 0 Å². The average Bonchev–Trinajstić information content (AvgIpc) is 3.76. The molecule has 3 aromatic heterocycles. The molecule has 0 saturated carbocycles. The zero-order valence-electron chi connectivity index (χ0n) is 38.1. The van der Waals surface area contributed by atoms with Crippen molar-refractivity contribution < 1.29 is 19.2 Å². The van der Waals surface area contributed by atoms with E-state index in [1.165, 1.54) is 5.56 Å². The summed E-state index contributed by atoms with van der Waals surface area (Å²) in [4.78, 5) is 63.7. The predicted molar refractivity (Wildman–Crippen MR) is 255 cm³/mol. The Morgan fingerprint density at radius 2 is 1.56 bits per heavy atom. The van der Waals surface area contributed by atoms with Crippen molar-refractivity contribution in [3.05, 3.63) is 96.4 Å². The first-order valence-electron chi connectivity index (χ1n) is 23.4. The van der Waals surface area contributed by atoms with E-state index in [1.54, 1.807) is 10.7 Å². The molecule has 4 aliphatic rings. The number of fused-ring (bicyclic) bond motifs is 1. The highest BCUT2D eigenvalue weighted by atomic mass is 16.2. The number of piperidine rings is 3. The van der Waals surface area contributed by atoms with Crippen molar-refractivity contribution in [3.63, 3.8) is 0 Å². The lowest BCUT2D eigenvalue weighted by Crippen LogP contribution is -2.51. The van der Waals surface area contributed by atoms with Crippen LogP contribution in [-0.4, -0.2) is 119 Å². The lowest BCUT2D eigenvalue weighted by Gasteiger charge is -2.39. The molecule has 3 N–H and O–H groups in total. The van der Waals surface area contributed by atoms with E-state index < -0.39 is 11.5 Å². The Bertz CT molecular complexity index is 2610. The zero-order chi connectivity index (χ0) is 46.0. The van der Waals surface area contributed by atoms with E-state index in [4.69, 9.17) is 4.98 Å². The number of carbonyl (C=O) groups excluding carboxylic acids is 4. The SMILES string of the molecule is CC(C)NC(=O)C1(C)CCN(c2ccc(-c3cc(-c4ccc(N5CCN(C(=O)CN6CCC(c7ccc(NC8CCC(=O)NC8=O)cc7)CC6)CC5)cc4)cn4ncc(C#N)c34)cn2)CC1. The second-order valence-electron chi connectivity index (χ2n) is 18.9. The van der Waals surface area contributed by atoms with Crippen LogP contribution < -0.4 is 25.8 Å². The molecule has 4 amide bonds. The third-order valence-electron chi connectivity index (χ3n) is 14.1. The maximum absolute atomic E-state index is 13.5. The minimum absolute atomic E-state index is 0.113. The molecule has 2 aromatic carbocycles. The molecule has 1 unspecified atom stereocenters. The molecule has 4 aliphatic heterocycles. The molecule has 0 aliphatic carbocycles. The van der Waals surface area contributed by atoms with Gasteiger partial charge in [0.2, 0.25) is 23.6 Å². The number of hydrogen-bond acceptors (Lipinski definition) is 11. The number of hydrogen-bond donors (Lipinski definition) is 3. The van der Waals surface area contributed by atoms with Crippen molar-refractivity contribution in [2.45, 2.75) is 77.3 Å². The average molecular weight is 890 g/mol. The lowest BCUT2D eigenvalue weighted by atomic mass is 9.79. The maximum atomic E-state index is 13.5. The topological polar surface area (TPSA) is 171 Å². The van der Waals surface area contributed by atoms with Crippen molar-refractivity contribution in [1.29, 1.82) is 5.26 Å². The molecular formula is C51H59N11O4. The maximum Gasteiger partial charge on any atom is 0.249 e. The Morgan fingerprint density at radius 1 is 0.848 bits per heavy atom. The standard InChI is InChI=1S/C51H59N11O4/c1-34(2)55-50(66)51(3)18-22-60(23-19-51)45-14-8-38(30-53-45)43-28-39(32-62-48(43)40(29-52)31-54-62)36-6-11-42(12-7-36)59-24-26-61(27-25-59)47(64)33-58-20-16-37(17-21-58)35-4-9-41(10-5-35)56-44-13-15-46(63)57-49(44)65/h4-12,14,28,30-32,34,37,44,56H,13,15-27,33H2,1-3H3,(H,55,66)(H,57,63,65). The number of nitriles is 1. The van der Waals surface area contributed by atoms with Gasteiger partial charge in [-0.2, -0.15) is 10.4 Å². The molecule has 7 heterocycles. The molecule has 66 heavy (non-hydrogen) atoms. The number of nitrogens with zero attached hydrogens (tertiary/aromatic N) is 8. The number of piperazine rings is 1. The van der Waals surface area contributed by atoms with E-state index >= 15 is 0 Å². The van der Waals surface area contributed by atoms with E-state index in [1.807, 2.05) is 49.3 Å². The Kier molecular flexibility index (Phi) is 12.8. The number of carbonyl (C=O) groups is 4. The van der Waals surface area contributed by atoms with Crippen LogP contribution in [0.3, 0.4) is 0 Å². The van der Waals surface area contributed by atoms with Gasteiger partial charge in [-0.1, -0.05) is 31.2 Å². The molecule has 4 saturated heterocycles. The molecule has 0 bridgehead atoms.